The van der Waals surface area contributed by atoms with Crippen molar-refractivity contribution in [1.82, 2.24) is 9.80 Å². The molecule has 0 aromatic rings. The summed E-state index contributed by atoms with van der Waals surface area (Å²) in [5.74, 6) is -1.19. The molecule has 0 saturated carbocycles. The van der Waals surface area contributed by atoms with E-state index in [1.165, 1.54) is 154 Å². The third-order valence-electron chi connectivity index (χ3n) is 24.6. The number of hydrogen-bond acceptors (Lipinski definition) is 18. The molecule has 0 amide bonds. The first-order valence-corrected chi connectivity index (χ1v) is 45.9. The van der Waals surface area contributed by atoms with Crippen LogP contribution in [-0.2, 0) is 71.5 Å². The summed E-state index contributed by atoms with van der Waals surface area (Å²) in [5, 5.41) is 9.24. The van der Waals surface area contributed by atoms with Gasteiger partial charge in [-0.15, -0.1) is 0 Å². The summed E-state index contributed by atoms with van der Waals surface area (Å²) in [7, 11) is 4.32. The Kier molecular flexibility index (Phi) is 62.0. The summed E-state index contributed by atoms with van der Waals surface area (Å²) < 4.78 is 42.1. The number of piperidine rings is 2. The average Bonchev–Trinajstić information content (AvgIpc) is 0.782. The van der Waals surface area contributed by atoms with Gasteiger partial charge < -0.3 is 43.0 Å². The van der Waals surface area contributed by atoms with Gasteiger partial charge in [-0.05, 0) is 223 Å². The zero-order valence-corrected chi connectivity index (χ0v) is 81.8. The van der Waals surface area contributed by atoms with E-state index in [1.54, 1.807) is 13.8 Å². The first-order valence-electron chi connectivity index (χ1n) is 45.9. The summed E-state index contributed by atoms with van der Waals surface area (Å²) in [4.78, 5) is 86.8. The summed E-state index contributed by atoms with van der Waals surface area (Å²) >= 11 is 0. The summed E-state index contributed by atoms with van der Waals surface area (Å²) in [6.07, 6.45) is 42.4. The molecule has 116 heavy (non-hydrogen) atoms. The fourth-order valence-electron chi connectivity index (χ4n) is 12.4. The Hall–Kier alpha value is -4.39. The van der Waals surface area contributed by atoms with Gasteiger partial charge in [-0.2, -0.15) is 0 Å². The Balaban J connectivity index is -0.000000654. The van der Waals surface area contributed by atoms with Crippen LogP contribution < -0.4 is 0 Å². The molecule has 2 rings (SSSR count). The molecule has 18 heteroatoms. The molecular formula is C98H188N2O16. The highest BCUT2D eigenvalue weighted by Crippen LogP contribution is 2.41. The minimum atomic E-state index is -0.988. The number of hydrogen-bond donors (Lipinski definition) is 1. The molecule has 0 spiro atoms. The minimum Gasteiger partial charge on any atom is -0.465 e. The summed E-state index contributed by atoms with van der Waals surface area (Å²) in [6.45, 7) is 69.1. The molecule has 18 nitrogen and oxygen atoms in total. The first kappa shape index (κ1) is 118. The van der Waals surface area contributed by atoms with E-state index in [9.17, 15) is 38.7 Å². The number of likely N-dealkylation sites (tertiary alicyclic amines) is 2. The zero-order chi connectivity index (χ0) is 90.4. The van der Waals surface area contributed by atoms with Crippen LogP contribution in [-0.4, -0.2) is 151 Å². The van der Waals surface area contributed by atoms with Gasteiger partial charge in [0.25, 0.3) is 0 Å². The van der Waals surface area contributed by atoms with E-state index in [1.807, 2.05) is 125 Å². The minimum absolute atomic E-state index is 0.0273. The Morgan fingerprint density at radius 2 is 0.526 bits per heavy atom. The lowest BCUT2D eigenvalue weighted by atomic mass is 9.78. The maximum Gasteiger partial charge on any atom is 0.333 e. The fraction of sp³-hybridized carbons (Fsp3) is 0.888. The molecular weight excluding hydrogens is 1460 g/mol. The van der Waals surface area contributed by atoms with E-state index < -0.39 is 23.1 Å². The van der Waals surface area contributed by atoms with Crippen LogP contribution in [0.4, 0.5) is 0 Å². The van der Waals surface area contributed by atoms with Crippen LogP contribution in [0.1, 0.15) is 439 Å². The predicted octanol–water partition coefficient (Wildman–Crippen LogP) is 25.3. The standard InChI is InChI=1S/C24H48O2.C18H36O2.2C16H31NO2.C12H22O4.C12H20O4/c1-5-7-8-9-10-11-12-13-14-15-16-17-18-19-20-21-22-26-23(25)24(3,4)6-2;1-5-7-8-9-10-11-12-13-14-15-16-20-17(19)18(3,4)6-2;2*1-9-14(2,3)13(18)19-12-10-15(4,5)17(8)16(6,7)11-12;2*1-6-12(4,5)11(14)16-8-7-15-10(13)9(2)3/h5-22H2,1-4H3;5-16H2,1-4H3;2*12H,9-11H2,1-8H3;10,13H,2,6-8H2,1,3-5H3;2,6-8H2,1,3-5H3. The second-order valence-corrected chi connectivity index (χ2v) is 39.7. The van der Waals surface area contributed by atoms with Crippen molar-refractivity contribution in [1.29, 1.82) is 0 Å². The Bertz CT molecular complexity index is 2580. The van der Waals surface area contributed by atoms with Crippen molar-refractivity contribution in [3.8, 4) is 0 Å². The first-order chi connectivity index (χ1) is 53.5. The second kappa shape index (κ2) is 61.0. The highest BCUT2D eigenvalue weighted by molar-refractivity contribution is 5.87. The molecule has 1 unspecified atom stereocenters. The lowest BCUT2D eigenvalue weighted by Gasteiger charge is -2.53. The van der Waals surface area contributed by atoms with Crippen LogP contribution in [0.3, 0.4) is 0 Å². The van der Waals surface area contributed by atoms with Gasteiger partial charge in [0.15, 0.2) is 6.29 Å². The van der Waals surface area contributed by atoms with E-state index in [0.717, 1.165) is 70.6 Å². The fourth-order valence-corrected chi connectivity index (χ4v) is 12.4. The van der Waals surface area contributed by atoms with E-state index in [0.29, 0.717) is 30.8 Å². The van der Waals surface area contributed by atoms with Gasteiger partial charge in [0, 0.05) is 53.4 Å². The van der Waals surface area contributed by atoms with Gasteiger partial charge >= 0.3 is 41.8 Å². The van der Waals surface area contributed by atoms with Crippen LogP contribution in [0.2, 0.25) is 0 Å². The van der Waals surface area contributed by atoms with E-state index in [-0.39, 0.29) is 118 Å². The maximum atomic E-state index is 12.2. The van der Waals surface area contributed by atoms with Crippen molar-refractivity contribution in [3.05, 3.63) is 24.3 Å². The van der Waals surface area contributed by atoms with Crippen molar-refractivity contribution < 1.29 is 76.6 Å². The average molecular weight is 1650 g/mol. The normalized spacial score (nSPS) is 15.9. The van der Waals surface area contributed by atoms with Crippen molar-refractivity contribution in [3.63, 3.8) is 0 Å². The number of nitrogens with zero attached hydrogens (tertiary/aromatic N) is 2. The lowest BCUT2D eigenvalue weighted by Crippen LogP contribution is -2.60. The van der Waals surface area contributed by atoms with Gasteiger partial charge in [-0.25, -0.2) is 4.79 Å². The van der Waals surface area contributed by atoms with Crippen molar-refractivity contribution in [2.45, 2.75) is 480 Å². The third-order valence-corrected chi connectivity index (χ3v) is 24.6. The van der Waals surface area contributed by atoms with Crippen molar-refractivity contribution in [2.24, 2.45) is 32.5 Å². The van der Waals surface area contributed by atoms with Crippen LogP contribution in [0.5, 0.6) is 0 Å². The molecule has 2 fully saturated rings. The van der Waals surface area contributed by atoms with Crippen molar-refractivity contribution >= 4 is 41.8 Å². The number of carbonyl (C=O) groups is 7. The lowest BCUT2D eigenvalue weighted by molar-refractivity contribution is -0.170. The molecule has 2 aliphatic rings. The quantitative estimate of drug-likeness (QED) is 0.0149. The molecule has 686 valence electrons. The molecule has 0 radical (unpaired) electrons. The van der Waals surface area contributed by atoms with Crippen LogP contribution in [0, 0.1) is 32.5 Å². The van der Waals surface area contributed by atoms with Gasteiger partial charge in [0.05, 0.1) is 52.3 Å². The predicted molar refractivity (Wildman–Crippen MR) is 482 cm³/mol. The highest BCUT2D eigenvalue weighted by atomic mass is 16.6. The summed E-state index contributed by atoms with van der Waals surface area (Å²) in [5.41, 5.74) is -1.26. The SMILES string of the molecule is C=C(C)C(=O)OCCOC(=O)C(C)(C)CC.C=C(C)C(O)OCCOC(=O)C(C)(C)CC.CCC(C)(C)C(=O)OC1CC(C)(C)N(C)C(C)(C)C1.CCC(C)(C)C(=O)OC1CC(C)(C)N(C)C(C)(C)C1.CCCCCCCCCCCCCCCCCCOC(=O)C(C)(C)CC.CCCCCCCCCCCCOC(=O)C(C)(C)CC. The van der Waals surface area contributed by atoms with Gasteiger partial charge in [0.2, 0.25) is 0 Å². The van der Waals surface area contributed by atoms with Gasteiger partial charge in [-0.1, -0.05) is 223 Å². The zero-order valence-electron chi connectivity index (χ0n) is 81.8. The van der Waals surface area contributed by atoms with E-state index in [2.05, 4.69) is 106 Å². The smallest absolute Gasteiger partial charge is 0.333 e. The number of esters is 7. The molecule has 0 aliphatic carbocycles. The highest BCUT2D eigenvalue weighted by Gasteiger charge is 2.47. The molecule has 1 atom stereocenters. The number of rotatable bonds is 51. The molecule has 1 N–H and O–H groups in total. The van der Waals surface area contributed by atoms with Crippen LogP contribution in [0.15, 0.2) is 24.3 Å². The van der Waals surface area contributed by atoms with Gasteiger partial charge in [0.1, 0.15) is 32.0 Å². The van der Waals surface area contributed by atoms with Crippen molar-refractivity contribution in [2.75, 3.05) is 53.7 Å². The van der Waals surface area contributed by atoms with Crippen LogP contribution >= 0.6 is 0 Å². The summed E-state index contributed by atoms with van der Waals surface area (Å²) in [6, 6.07) is 0. The van der Waals surface area contributed by atoms with Gasteiger partial charge in [-0.3, -0.25) is 38.6 Å². The van der Waals surface area contributed by atoms with E-state index in [4.69, 9.17) is 37.9 Å². The number of carbonyl (C=O) groups excluding carboxylic acids is 7. The maximum absolute atomic E-state index is 12.2. The number of unbranched alkanes of at least 4 members (excludes halogenated alkanes) is 24. The molecule has 2 saturated heterocycles. The Morgan fingerprint density at radius 1 is 0.328 bits per heavy atom. The largest absolute Gasteiger partial charge is 0.465 e. The Morgan fingerprint density at radius 3 is 0.741 bits per heavy atom. The Labute approximate surface area is 714 Å². The number of aliphatic hydroxyl groups excluding tert-OH is 1. The number of ether oxygens (including phenoxy) is 8. The topological polar surface area (TPSA) is 220 Å². The monoisotopic (exact) mass is 1650 g/mol. The van der Waals surface area contributed by atoms with Crippen LogP contribution in [0.25, 0.3) is 0 Å². The molecule has 0 bridgehead atoms. The number of aliphatic hydroxyl groups is 1. The molecule has 2 heterocycles. The van der Waals surface area contributed by atoms with E-state index >= 15 is 0 Å². The molecule has 2 aliphatic heterocycles. The third kappa shape index (κ3) is 53.4. The molecule has 0 aromatic heterocycles. The molecule has 0 aromatic carbocycles. The second-order valence-electron chi connectivity index (χ2n) is 39.7.